The fourth-order valence-electron chi connectivity index (χ4n) is 5.81. The first-order valence-corrected chi connectivity index (χ1v) is 14.4. The fourth-order valence-corrected chi connectivity index (χ4v) is 5.81. The standard InChI is InChI=1S/C32H41N3O5/c1-19-13-25-26(14-20(19)2)35(31(37)40-32(3,4)5)29(34-25)17-22-15-23(18-33-30(22)36)21-11-12-27(38-6)28(16-21)39-24-9-7-8-10-24/h11-14,16,22-24H,7-10,15,17-18H2,1-6H3,(H,33,36)/t22-,23+/m0/s1. The van der Waals surface area contributed by atoms with Crippen LogP contribution in [-0.4, -0.2) is 46.9 Å². The molecule has 0 radical (unpaired) electrons. The van der Waals surface area contributed by atoms with E-state index in [1.54, 1.807) is 11.7 Å². The number of benzene rings is 2. The summed E-state index contributed by atoms with van der Waals surface area (Å²) in [6.07, 6.45) is 5.21. The van der Waals surface area contributed by atoms with Crippen LogP contribution in [0.5, 0.6) is 11.5 Å². The molecule has 2 aromatic carbocycles. The Morgan fingerprint density at radius 1 is 1.07 bits per heavy atom. The normalized spacial score (nSPS) is 20.0. The monoisotopic (exact) mass is 547 g/mol. The molecule has 8 heteroatoms. The summed E-state index contributed by atoms with van der Waals surface area (Å²) in [6, 6.07) is 10.0. The molecule has 2 atom stereocenters. The number of amides is 1. The maximum absolute atomic E-state index is 13.4. The minimum atomic E-state index is -0.662. The zero-order chi connectivity index (χ0) is 28.6. The number of methoxy groups -OCH3 is 1. The van der Waals surface area contributed by atoms with Crippen molar-refractivity contribution < 1.29 is 23.8 Å². The van der Waals surface area contributed by atoms with Gasteiger partial charge in [0.05, 0.1) is 24.2 Å². The quantitative estimate of drug-likeness (QED) is 0.393. The van der Waals surface area contributed by atoms with E-state index < -0.39 is 11.7 Å². The molecule has 2 fully saturated rings. The average Bonchev–Trinajstić information content (AvgIpc) is 3.52. The van der Waals surface area contributed by atoms with E-state index in [1.165, 1.54) is 12.8 Å². The molecular formula is C32H41N3O5. The molecule has 2 heterocycles. The van der Waals surface area contributed by atoms with Crippen molar-refractivity contribution in [1.82, 2.24) is 14.9 Å². The van der Waals surface area contributed by atoms with Gasteiger partial charge in [-0.05, 0) is 108 Å². The molecular weight excluding hydrogens is 506 g/mol. The van der Waals surface area contributed by atoms with Gasteiger partial charge in [0.25, 0.3) is 0 Å². The molecule has 0 bridgehead atoms. The first-order valence-electron chi connectivity index (χ1n) is 14.4. The van der Waals surface area contributed by atoms with Gasteiger partial charge < -0.3 is 19.5 Å². The second-order valence-corrected chi connectivity index (χ2v) is 12.3. The zero-order valence-corrected chi connectivity index (χ0v) is 24.5. The molecule has 40 heavy (non-hydrogen) atoms. The van der Waals surface area contributed by atoms with Gasteiger partial charge in [0.2, 0.25) is 5.91 Å². The molecule has 1 saturated carbocycles. The Labute approximate surface area is 236 Å². The van der Waals surface area contributed by atoms with Crippen molar-refractivity contribution in [1.29, 1.82) is 0 Å². The Balaban J connectivity index is 1.43. The summed E-state index contributed by atoms with van der Waals surface area (Å²) in [5.74, 6) is 1.75. The molecule has 2 aliphatic rings. The Bertz CT molecular complexity index is 1410. The third kappa shape index (κ3) is 5.96. The molecule has 1 N–H and O–H groups in total. The predicted molar refractivity (Wildman–Crippen MR) is 154 cm³/mol. The van der Waals surface area contributed by atoms with Crippen molar-refractivity contribution in [3.05, 3.63) is 52.8 Å². The number of hydrogen-bond donors (Lipinski definition) is 1. The Hall–Kier alpha value is -3.55. The van der Waals surface area contributed by atoms with Crippen LogP contribution in [0.1, 0.15) is 81.3 Å². The van der Waals surface area contributed by atoms with Gasteiger partial charge >= 0.3 is 6.09 Å². The Morgan fingerprint density at radius 3 is 2.50 bits per heavy atom. The molecule has 3 aromatic rings. The van der Waals surface area contributed by atoms with Crippen molar-refractivity contribution in [2.24, 2.45) is 5.92 Å². The van der Waals surface area contributed by atoms with Crippen LogP contribution in [0.2, 0.25) is 0 Å². The van der Waals surface area contributed by atoms with Crippen molar-refractivity contribution in [2.75, 3.05) is 13.7 Å². The molecule has 8 nitrogen and oxygen atoms in total. The Morgan fingerprint density at radius 2 is 1.80 bits per heavy atom. The van der Waals surface area contributed by atoms with Gasteiger partial charge in [0.15, 0.2) is 11.5 Å². The van der Waals surface area contributed by atoms with Crippen LogP contribution in [0.3, 0.4) is 0 Å². The van der Waals surface area contributed by atoms with E-state index in [0.29, 0.717) is 30.7 Å². The van der Waals surface area contributed by atoms with Gasteiger partial charge in [-0.3, -0.25) is 4.79 Å². The van der Waals surface area contributed by atoms with Gasteiger partial charge in [-0.25, -0.2) is 14.3 Å². The first-order chi connectivity index (χ1) is 19.0. The number of piperidine rings is 1. The van der Waals surface area contributed by atoms with Crippen LogP contribution in [0.15, 0.2) is 30.3 Å². The minimum absolute atomic E-state index is 0.0256. The van der Waals surface area contributed by atoms with Crippen LogP contribution in [0.25, 0.3) is 11.0 Å². The summed E-state index contributed by atoms with van der Waals surface area (Å²) in [5.41, 5.74) is 4.02. The van der Waals surface area contributed by atoms with Gasteiger partial charge in [-0.1, -0.05) is 6.07 Å². The van der Waals surface area contributed by atoms with Crippen molar-refractivity contribution in [3.63, 3.8) is 0 Å². The van der Waals surface area contributed by atoms with Crippen LogP contribution in [-0.2, 0) is 16.0 Å². The summed E-state index contributed by atoms with van der Waals surface area (Å²) in [6.45, 7) is 10.1. The number of rotatable bonds is 6. The molecule has 1 aromatic heterocycles. The number of nitrogens with zero attached hydrogens (tertiary/aromatic N) is 2. The summed E-state index contributed by atoms with van der Waals surface area (Å²) in [5, 5.41) is 3.10. The lowest BCUT2D eigenvalue weighted by molar-refractivity contribution is -0.127. The maximum atomic E-state index is 13.4. The summed E-state index contributed by atoms with van der Waals surface area (Å²) >= 11 is 0. The number of imidazole rings is 1. The number of hydrogen-bond acceptors (Lipinski definition) is 6. The van der Waals surface area contributed by atoms with Gasteiger partial charge in [0.1, 0.15) is 11.4 Å². The van der Waals surface area contributed by atoms with Crippen LogP contribution >= 0.6 is 0 Å². The topological polar surface area (TPSA) is 91.7 Å². The largest absolute Gasteiger partial charge is 0.493 e. The van der Waals surface area contributed by atoms with E-state index in [2.05, 4.69) is 17.4 Å². The van der Waals surface area contributed by atoms with E-state index in [9.17, 15) is 9.59 Å². The summed E-state index contributed by atoms with van der Waals surface area (Å²) < 4.78 is 19.2. The highest BCUT2D eigenvalue weighted by Gasteiger charge is 2.33. The molecule has 1 amide bonds. The first kappa shape index (κ1) is 28.0. The molecule has 5 rings (SSSR count). The molecule has 214 valence electrons. The highest BCUT2D eigenvalue weighted by molar-refractivity contribution is 5.89. The van der Waals surface area contributed by atoms with E-state index in [1.807, 2.05) is 52.8 Å². The van der Waals surface area contributed by atoms with Crippen molar-refractivity contribution in [2.45, 2.75) is 90.8 Å². The maximum Gasteiger partial charge on any atom is 0.420 e. The lowest BCUT2D eigenvalue weighted by Gasteiger charge is -2.30. The number of aromatic nitrogens is 2. The third-order valence-corrected chi connectivity index (χ3v) is 8.06. The lowest BCUT2D eigenvalue weighted by Crippen LogP contribution is -2.42. The number of nitrogens with one attached hydrogen (secondary N) is 1. The number of carbonyl (C=O) groups is 2. The molecule has 0 unspecified atom stereocenters. The highest BCUT2D eigenvalue weighted by atomic mass is 16.6. The summed E-state index contributed by atoms with van der Waals surface area (Å²) in [4.78, 5) is 31.3. The zero-order valence-electron chi connectivity index (χ0n) is 24.5. The van der Waals surface area contributed by atoms with E-state index >= 15 is 0 Å². The number of aryl methyl sites for hydroxylation is 2. The SMILES string of the molecule is COc1ccc([C@H]2CNC(=O)[C@H](Cc3nc4cc(C)c(C)cc4n3C(=O)OC(C)(C)C)C2)cc1OC1CCCC1. The molecule has 1 aliphatic carbocycles. The third-order valence-electron chi connectivity index (χ3n) is 8.06. The van der Waals surface area contributed by atoms with Gasteiger partial charge in [-0.15, -0.1) is 0 Å². The van der Waals surface area contributed by atoms with Gasteiger partial charge in [0, 0.05) is 24.8 Å². The van der Waals surface area contributed by atoms with Crippen LogP contribution < -0.4 is 14.8 Å². The summed E-state index contributed by atoms with van der Waals surface area (Å²) in [7, 11) is 1.66. The lowest BCUT2D eigenvalue weighted by atomic mass is 9.83. The highest BCUT2D eigenvalue weighted by Crippen LogP contribution is 2.37. The van der Waals surface area contributed by atoms with E-state index in [-0.39, 0.29) is 23.8 Å². The smallest absolute Gasteiger partial charge is 0.420 e. The second-order valence-electron chi connectivity index (χ2n) is 12.3. The van der Waals surface area contributed by atoms with Crippen molar-refractivity contribution >= 4 is 23.0 Å². The van der Waals surface area contributed by atoms with E-state index in [4.69, 9.17) is 19.2 Å². The molecule has 1 aliphatic heterocycles. The van der Waals surface area contributed by atoms with Gasteiger partial charge in [-0.2, -0.15) is 0 Å². The van der Waals surface area contributed by atoms with Crippen LogP contribution in [0.4, 0.5) is 4.79 Å². The molecule has 0 spiro atoms. The Kier molecular flexibility index (Phi) is 7.80. The predicted octanol–water partition coefficient (Wildman–Crippen LogP) is 6.23. The minimum Gasteiger partial charge on any atom is -0.493 e. The molecule has 1 saturated heterocycles. The average molecular weight is 548 g/mol. The fraction of sp³-hybridized carbons (Fsp3) is 0.531. The number of ether oxygens (including phenoxy) is 3. The number of fused-ring (bicyclic) bond motifs is 1. The van der Waals surface area contributed by atoms with E-state index in [0.717, 1.165) is 46.5 Å². The second kappa shape index (κ2) is 11.1. The van der Waals surface area contributed by atoms with Crippen molar-refractivity contribution in [3.8, 4) is 11.5 Å². The number of carbonyl (C=O) groups excluding carboxylic acids is 2. The van der Waals surface area contributed by atoms with Crippen LogP contribution in [0, 0.1) is 19.8 Å².